The molecule has 0 spiro atoms. The van der Waals surface area contributed by atoms with Gasteiger partial charge in [-0.1, -0.05) is 35.5 Å². The van der Waals surface area contributed by atoms with E-state index >= 15 is 0 Å². The number of nitrogens with one attached hydrogen (secondary N) is 1. The molecule has 1 atom stereocenters. The molecule has 0 amide bonds. The van der Waals surface area contributed by atoms with E-state index in [1.54, 1.807) is 0 Å². The SMILES string of the molecule is CN(C)NCC(/C(N)=N/O)c1ccccc1. The molecule has 0 aliphatic heterocycles. The standard InChI is InChI=1S/C11H18N4O/c1-15(2)13-8-10(11(12)14-16)9-6-4-3-5-7-9/h3-7,10,13,16H,8H2,1-2H3,(H2,12,14). The number of oxime groups is 1. The van der Waals surface area contributed by atoms with Gasteiger partial charge in [-0.15, -0.1) is 0 Å². The highest BCUT2D eigenvalue weighted by atomic mass is 16.4. The Kier molecular flexibility index (Phi) is 4.75. The minimum atomic E-state index is -0.131. The number of nitrogens with zero attached hydrogens (tertiary/aromatic N) is 2. The van der Waals surface area contributed by atoms with Gasteiger partial charge in [0.15, 0.2) is 0 Å². The van der Waals surface area contributed by atoms with Crippen LogP contribution >= 0.6 is 0 Å². The molecule has 0 aromatic heterocycles. The van der Waals surface area contributed by atoms with Gasteiger partial charge in [0.25, 0.3) is 0 Å². The molecular weight excluding hydrogens is 204 g/mol. The largest absolute Gasteiger partial charge is 0.409 e. The van der Waals surface area contributed by atoms with E-state index in [1.165, 1.54) is 0 Å². The topological polar surface area (TPSA) is 73.9 Å². The first-order valence-electron chi connectivity index (χ1n) is 5.08. The fourth-order valence-corrected chi connectivity index (χ4v) is 1.42. The van der Waals surface area contributed by atoms with E-state index in [0.717, 1.165) is 5.56 Å². The summed E-state index contributed by atoms with van der Waals surface area (Å²) in [6.45, 7) is 0.590. The summed E-state index contributed by atoms with van der Waals surface area (Å²) in [6, 6.07) is 9.72. The average Bonchev–Trinajstić information content (AvgIpc) is 2.30. The van der Waals surface area contributed by atoms with Crippen molar-refractivity contribution in [3.8, 4) is 0 Å². The molecular formula is C11H18N4O. The first-order valence-corrected chi connectivity index (χ1v) is 5.08. The van der Waals surface area contributed by atoms with Crippen molar-refractivity contribution in [1.82, 2.24) is 10.4 Å². The van der Waals surface area contributed by atoms with Crippen LogP contribution in [0.25, 0.3) is 0 Å². The molecule has 0 bridgehead atoms. The molecule has 0 aliphatic rings. The van der Waals surface area contributed by atoms with Crippen molar-refractivity contribution in [3.05, 3.63) is 35.9 Å². The van der Waals surface area contributed by atoms with E-state index in [4.69, 9.17) is 10.9 Å². The summed E-state index contributed by atoms with van der Waals surface area (Å²) in [5, 5.41) is 13.7. The molecule has 5 heteroatoms. The molecule has 4 N–H and O–H groups in total. The van der Waals surface area contributed by atoms with Crippen molar-refractivity contribution >= 4 is 5.84 Å². The second-order valence-corrected chi connectivity index (χ2v) is 3.74. The summed E-state index contributed by atoms with van der Waals surface area (Å²) < 4.78 is 0. The van der Waals surface area contributed by atoms with Gasteiger partial charge in [-0.05, 0) is 5.56 Å². The van der Waals surface area contributed by atoms with Crippen molar-refractivity contribution in [3.63, 3.8) is 0 Å². The van der Waals surface area contributed by atoms with Crippen LogP contribution in [-0.4, -0.2) is 36.7 Å². The predicted octanol–water partition coefficient (Wildman–Crippen LogP) is 0.583. The fraction of sp³-hybridized carbons (Fsp3) is 0.364. The number of benzene rings is 1. The number of rotatable bonds is 5. The molecule has 1 rings (SSSR count). The van der Waals surface area contributed by atoms with Crippen LogP contribution in [0.2, 0.25) is 0 Å². The van der Waals surface area contributed by atoms with Gasteiger partial charge in [-0.3, -0.25) is 10.4 Å². The Balaban J connectivity index is 2.80. The Hall–Kier alpha value is -1.59. The van der Waals surface area contributed by atoms with Crippen molar-refractivity contribution in [2.75, 3.05) is 20.6 Å². The maximum atomic E-state index is 8.75. The highest BCUT2D eigenvalue weighted by Gasteiger charge is 2.16. The average molecular weight is 222 g/mol. The Bertz CT molecular complexity index is 337. The van der Waals surface area contributed by atoms with Gasteiger partial charge in [-0.25, -0.2) is 0 Å². The first-order chi connectivity index (χ1) is 7.65. The predicted molar refractivity (Wildman–Crippen MR) is 64.3 cm³/mol. The maximum absolute atomic E-state index is 8.75. The molecule has 1 aromatic rings. The van der Waals surface area contributed by atoms with Gasteiger partial charge in [-0.2, -0.15) is 0 Å². The number of amidine groups is 1. The lowest BCUT2D eigenvalue weighted by molar-refractivity contribution is 0.284. The molecule has 0 saturated carbocycles. The van der Waals surface area contributed by atoms with Crippen LogP contribution < -0.4 is 11.2 Å². The molecule has 16 heavy (non-hydrogen) atoms. The quantitative estimate of drug-likeness (QED) is 0.295. The summed E-state index contributed by atoms with van der Waals surface area (Å²) in [5.41, 5.74) is 9.82. The molecule has 88 valence electrons. The highest BCUT2D eigenvalue weighted by Crippen LogP contribution is 2.14. The molecule has 0 heterocycles. The van der Waals surface area contributed by atoms with Gasteiger partial charge >= 0.3 is 0 Å². The van der Waals surface area contributed by atoms with Crippen molar-refractivity contribution in [2.24, 2.45) is 10.9 Å². The fourth-order valence-electron chi connectivity index (χ4n) is 1.42. The molecule has 0 saturated heterocycles. The monoisotopic (exact) mass is 222 g/mol. The zero-order valence-electron chi connectivity index (χ0n) is 9.59. The third-order valence-electron chi connectivity index (χ3n) is 2.29. The Morgan fingerprint density at radius 1 is 1.44 bits per heavy atom. The summed E-state index contributed by atoms with van der Waals surface area (Å²) in [6.07, 6.45) is 0. The first kappa shape index (κ1) is 12.5. The van der Waals surface area contributed by atoms with E-state index in [1.807, 2.05) is 49.4 Å². The van der Waals surface area contributed by atoms with Crippen LogP contribution in [0.3, 0.4) is 0 Å². The normalized spacial score (nSPS) is 14.1. The van der Waals surface area contributed by atoms with Crippen LogP contribution in [0, 0.1) is 0 Å². The van der Waals surface area contributed by atoms with Crippen LogP contribution in [0.4, 0.5) is 0 Å². The van der Waals surface area contributed by atoms with Gasteiger partial charge in [0.05, 0.1) is 5.92 Å². The molecule has 5 nitrogen and oxygen atoms in total. The molecule has 1 aromatic carbocycles. The van der Waals surface area contributed by atoms with Gasteiger partial charge in [0, 0.05) is 20.6 Å². The highest BCUT2D eigenvalue weighted by molar-refractivity contribution is 5.87. The lowest BCUT2D eigenvalue weighted by Gasteiger charge is -2.19. The zero-order valence-corrected chi connectivity index (χ0v) is 9.59. The minimum Gasteiger partial charge on any atom is -0.409 e. The molecule has 0 radical (unpaired) electrons. The molecule has 1 unspecified atom stereocenters. The van der Waals surface area contributed by atoms with Crippen molar-refractivity contribution in [1.29, 1.82) is 0 Å². The Morgan fingerprint density at radius 2 is 2.06 bits per heavy atom. The molecule has 0 aliphatic carbocycles. The van der Waals surface area contributed by atoms with Gasteiger partial charge in [0.1, 0.15) is 5.84 Å². The van der Waals surface area contributed by atoms with Gasteiger partial charge < -0.3 is 10.9 Å². The van der Waals surface area contributed by atoms with E-state index in [-0.39, 0.29) is 11.8 Å². The second kappa shape index (κ2) is 6.09. The zero-order chi connectivity index (χ0) is 12.0. The third-order valence-corrected chi connectivity index (χ3v) is 2.29. The molecule has 0 fully saturated rings. The van der Waals surface area contributed by atoms with Crippen molar-refractivity contribution < 1.29 is 5.21 Å². The summed E-state index contributed by atoms with van der Waals surface area (Å²) in [5.74, 6) is 0.0779. The summed E-state index contributed by atoms with van der Waals surface area (Å²) in [4.78, 5) is 0. The number of hydrogen-bond donors (Lipinski definition) is 3. The number of hydrazine groups is 1. The third kappa shape index (κ3) is 3.52. The van der Waals surface area contributed by atoms with Gasteiger partial charge in [0.2, 0.25) is 0 Å². The Morgan fingerprint density at radius 3 is 2.56 bits per heavy atom. The van der Waals surface area contributed by atoms with Crippen LogP contribution in [0.5, 0.6) is 0 Å². The summed E-state index contributed by atoms with van der Waals surface area (Å²) >= 11 is 0. The van der Waals surface area contributed by atoms with Crippen molar-refractivity contribution in [2.45, 2.75) is 5.92 Å². The van der Waals surface area contributed by atoms with E-state index in [2.05, 4.69) is 10.6 Å². The second-order valence-electron chi connectivity index (χ2n) is 3.74. The van der Waals surface area contributed by atoms with Crippen LogP contribution in [0.1, 0.15) is 11.5 Å². The Labute approximate surface area is 95.5 Å². The van der Waals surface area contributed by atoms with E-state index in [9.17, 15) is 0 Å². The van der Waals surface area contributed by atoms with E-state index in [0.29, 0.717) is 6.54 Å². The smallest absolute Gasteiger partial charge is 0.148 e. The van der Waals surface area contributed by atoms with Crippen LogP contribution in [0.15, 0.2) is 35.5 Å². The maximum Gasteiger partial charge on any atom is 0.148 e. The minimum absolute atomic E-state index is 0.131. The summed E-state index contributed by atoms with van der Waals surface area (Å²) in [7, 11) is 3.79. The number of nitrogens with two attached hydrogens (primary N) is 1. The number of hydrogen-bond acceptors (Lipinski definition) is 4. The van der Waals surface area contributed by atoms with E-state index < -0.39 is 0 Å². The van der Waals surface area contributed by atoms with Crippen LogP contribution in [-0.2, 0) is 0 Å². The lowest BCUT2D eigenvalue weighted by atomic mass is 9.98. The lowest BCUT2D eigenvalue weighted by Crippen LogP contribution is -2.38.